The lowest BCUT2D eigenvalue weighted by Gasteiger charge is -2.17. The Hall–Kier alpha value is -4.07. The lowest BCUT2D eigenvalue weighted by Crippen LogP contribution is -2.21. The van der Waals surface area contributed by atoms with E-state index in [0.29, 0.717) is 22.9 Å². The molecule has 2 aromatic carbocycles. The fourth-order valence-electron chi connectivity index (χ4n) is 3.30. The molecule has 1 aliphatic rings. The molecular weight excluding hydrogens is 433 g/mol. The summed E-state index contributed by atoms with van der Waals surface area (Å²) in [7, 11) is 1.99. The molecule has 2 N–H and O–H groups in total. The number of urea groups is 1. The average Bonchev–Trinajstić information content (AvgIpc) is 3.21. The van der Waals surface area contributed by atoms with Crippen LogP contribution < -0.4 is 15.4 Å². The van der Waals surface area contributed by atoms with E-state index in [1.165, 1.54) is 16.8 Å². The standard InChI is InChI=1S/C26H28FN5O2/c1-26(2,3)23-17-24(32(30-23)20-7-5-6-18(27)16-20)29-25(33)28-19-8-10-21(11-9-19)34-22-12-14-31(4)15-13-22/h5-14,16-17H,15H2,1-4H3,(H2,28,29,33). The van der Waals surface area contributed by atoms with Crippen molar-refractivity contribution in [2.75, 3.05) is 24.2 Å². The number of aromatic nitrogens is 2. The van der Waals surface area contributed by atoms with Crippen molar-refractivity contribution in [1.29, 1.82) is 0 Å². The molecule has 2 amide bonds. The second kappa shape index (κ2) is 9.43. The van der Waals surface area contributed by atoms with Gasteiger partial charge in [0, 0.05) is 37.0 Å². The first-order valence-electron chi connectivity index (χ1n) is 11.0. The van der Waals surface area contributed by atoms with Gasteiger partial charge >= 0.3 is 6.03 Å². The maximum atomic E-state index is 13.8. The number of nitrogens with zero attached hydrogens (tertiary/aromatic N) is 3. The summed E-state index contributed by atoms with van der Waals surface area (Å²) >= 11 is 0. The Morgan fingerprint density at radius 1 is 1.09 bits per heavy atom. The van der Waals surface area contributed by atoms with Crippen LogP contribution in [0.1, 0.15) is 26.5 Å². The maximum Gasteiger partial charge on any atom is 0.324 e. The number of rotatable bonds is 5. The minimum atomic E-state index is -0.437. The van der Waals surface area contributed by atoms with Crippen LogP contribution in [0.4, 0.5) is 20.7 Å². The number of benzene rings is 2. The summed E-state index contributed by atoms with van der Waals surface area (Å²) in [4.78, 5) is 14.8. The second-order valence-electron chi connectivity index (χ2n) is 9.12. The molecule has 34 heavy (non-hydrogen) atoms. The van der Waals surface area contributed by atoms with Crippen molar-refractivity contribution in [1.82, 2.24) is 14.7 Å². The first-order chi connectivity index (χ1) is 16.2. The molecule has 0 bridgehead atoms. The van der Waals surface area contributed by atoms with E-state index in [1.807, 2.05) is 51.1 Å². The van der Waals surface area contributed by atoms with Crippen molar-refractivity contribution in [3.05, 3.63) is 90.2 Å². The van der Waals surface area contributed by atoms with E-state index in [9.17, 15) is 9.18 Å². The fraction of sp³-hybridized carbons (Fsp3) is 0.231. The van der Waals surface area contributed by atoms with Gasteiger partial charge in [-0.1, -0.05) is 26.8 Å². The van der Waals surface area contributed by atoms with Crippen molar-refractivity contribution >= 4 is 17.5 Å². The smallest absolute Gasteiger partial charge is 0.324 e. The van der Waals surface area contributed by atoms with Crippen molar-refractivity contribution in [2.24, 2.45) is 0 Å². The molecule has 1 aliphatic heterocycles. The van der Waals surface area contributed by atoms with Gasteiger partial charge in [0.15, 0.2) is 0 Å². The molecule has 0 spiro atoms. The quantitative estimate of drug-likeness (QED) is 0.513. The highest BCUT2D eigenvalue weighted by atomic mass is 19.1. The summed E-state index contributed by atoms with van der Waals surface area (Å²) in [6, 6.07) is 14.5. The molecule has 8 heteroatoms. The van der Waals surface area contributed by atoms with Crippen LogP contribution in [-0.2, 0) is 5.41 Å². The maximum absolute atomic E-state index is 13.8. The van der Waals surface area contributed by atoms with Gasteiger partial charge in [0.25, 0.3) is 0 Å². The van der Waals surface area contributed by atoms with Crippen LogP contribution in [0.5, 0.6) is 5.75 Å². The molecule has 0 aliphatic carbocycles. The van der Waals surface area contributed by atoms with Crippen LogP contribution in [0.2, 0.25) is 0 Å². The van der Waals surface area contributed by atoms with Gasteiger partial charge in [-0.3, -0.25) is 5.32 Å². The summed E-state index contributed by atoms with van der Waals surface area (Å²) in [5.74, 6) is 1.51. The highest BCUT2D eigenvalue weighted by Crippen LogP contribution is 2.27. The Labute approximate surface area is 198 Å². The van der Waals surface area contributed by atoms with Crippen LogP contribution in [0.25, 0.3) is 5.69 Å². The van der Waals surface area contributed by atoms with E-state index in [0.717, 1.165) is 18.0 Å². The first-order valence-corrected chi connectivity index (χ1v) is 11.0. The number of anilines is 2. The highest BCUT2D eigenvalue weighted by Gasteiger charge is 2.21. The van der Waals surface area contributed by atoms with Gasteiger partial charge in [-0.2, -0.15) is 5.10 Å². The van der Waals surface area contributed by atoms with Crippen LogP contribution in [0, 0.1) is 5.82 Å². The summed E-state index contributed by atoms with van der Waals surface area (Å²) < 4.78 is 21.2. The van der Waals surface area contributed by atoms with E-state index in [4.69, 9.17) is 4.74 Å². The molecule has 0 radical (unpaired) electrons. The monoisotopic (exact) mass is 461 g/mol. The number of likely N-dealkylation sites (N-methyl/N-ethyl adjacent to an activating group) is 1. The Morgan fingerprint density at radius 2 is 1.85 bits per heavy atom. The van der Waals surface area contributed by atoms with Gasteiger partial charge in [-0.15, -0.1) is 0 Å². The molecule has 0 saturated heterocycles. The van der Waals surface area contributed by atoms with Gasteiger partial charge in [0.2, 0.25) is 0 Å². The normalized spacial score (nSPS) is 13.4. The Balaban J connectivity index is 1.46. The lowest BCUT2D eigenvalue weighted by molar-refractivity contribution is 0.262. The number of hydrogen-bond donors (Lipinski definition) is 2. The number of amides is 2. The third-order valence-corrected chi connectivity index (χ3v) is 5.19. The molecule has 2 heterocycles. The lowest BCUT2D eigenvalue weighted by atomic mass is 9.92. The summed E-state index contributed by atoms with van der Waals surface area (Å²) in [6.45, 7) is 6.86. The Bertz CT molecular complexity index is 1240. The predicted octanol–water partition coefficient (Wildman–Crippen LogP) is 5.67. The zero-order valence-corrected chi connectivity index (χ0v) is 19.7. The molecule has 1 aromatic heterocycles. The van der Waals surface area contributed by atoms with Gasteiger partial charge in [-0.25, -0.2) is 13.9 Å². The van der Waals surface area contributed by atoms with Crippen molar-refractivity contribution in [2.45, 2.75) is 26.2 Å². The van der Waals surface area contributed by atoms with Crippen molar-refractivity contribution in [3.8, 4) is 11.4 Å². The molecule has 3 aromatic rings. The van der Waals surface area contributed by atoms with Crippen molar-refractivity contribution < 1.29 is 13.9 Å². The van der Waals surface area contributed by atoms with Crippen LogP contribution in [0.15, 0.2) is 78.7 Å². The first kappa shape index (κ1) is 23.1. The van der Waals surface area contributed by atoms with E-state index in [1.54, 1.807) is 42.5 Å². The number of carbonyl (C=O) groups is 1. The Morgan fingerprint density at radius 3 is 2.50 bits per heavy atom. The van der Waals surface area contributed by atoms with Gasteiger partial charge in [-0.05, 0) is 54.6 Å². The van der Waals surface area contributed by atoms with Gasteiger partial charge in [0.05, 0.1) is 11.4 Å². The van der Waals surface area contributed by atoms with Crippen LogP contribution in [0.3, 0.4) is 0 Å². The van der Waals surface area contributed by atoms with E-state index < -0.39 is 6.03 Å². The average molecular weight is 462 g/mol. The predicted molar refractivity (Wildman–Crippen MR) is 132 cm³/mol. The minimum absolute atomic E-state index is 0.250. The molecule has 0 fully saturated rings. The number of hydrogen-bond acceptors (Lipinski definition) is 4. The molecule has 0 unspecified atom stereocenters. The molecule has 7 nitrogen and oxygen atoms in total. The number of ether oxygens (including phenoxy) is 1. The third kappa shape index (κ3) is 5.64. The number of nitrogens with one attached hydrogen (secondary N) is 2. The SMILES string of the molecule is CN1C=CC(Oc2ccc(NC(=O)Nc3cc(C(C)(C)C)nn3-c3cccc(F)c3)cc2)=CC1. The summed E-state index contributed by atoms with van der Waals surface area (Å²) in [5, 5.41) is 10.2. The highest BCUT2D eigenvalue weighted by molar-refractivity contribution is 5.99. The zero-order valence-electron chi connectivity index (χ0n) is 19.7. The summed E-state index contributed by atoms with van der Waals surface area (Å²) in [5.41, 5.74) is 1.64. The van der Waals surface area contributed by atoms with Crippen LogP contribution >= 0.6 is 0 Å². The summed E-state index contributed by atoms with van der Waals surface area (Å²) in [6.07, 6.45) is 5.85. The fourth-order valence-corrected chi connectivity index (χ4v) is 3.30. The number of allylic oxidation sites excluding steroid dienone is 1. The number of carbonyl (C=O) groups excluding carboxylic acids is 1. The zero-order chi connectivity index (χ0) is 24.3. The third-order valence-electron chi connectivity index (χ3n) is 5.19. The molecular formula is C26H28FN5O2. The topological polar surface area (TPSA) is 71.4 Å². The van der Waals surface area contributed by atoms with E-state index >= 15 is 0 Å². The van der Waals surface area contributed by atoms with Crippen LogP contribution in [-0.4, -0.2) is 34.3 Å². The minimum Gasteiger partial charge on any atom is -0.458 e. The second-order valence-corrected chi connectivity index (χ2v) is 9.12. The molecule has 4 rings (SSSR count). The van der Waals surface area contributed by atoms with Crippen molar-refractivity contribution in [3.63, 3.8) is 0 Å². The van der Waals surface area contributed by atoms with E-state index in [-0.39, 0.29) is 11.2 Å². The molecule has 0 saturated carbocycles. The molecule has 0 atom stereocenters. The van der Waals surface area contributed by atoms with Gasteiger partial charge in [0.1, 0.15) is 23.1 Å². The largest absolute Gasteiger partial charge is 0.458 e. The van der Waals surface area contributed by atoms with Gasteiger partial charge < -0.3 is 15.0 Å². The van der Waals surface area contributed by atoms with E-state index in [2.05, 4.69) is 15.7 Å². The number of halogens is 1. The Kier molecular flexibility index (Phi) is 6.40. The molecule has 176 valence electrons.